The van der Waals surface area contributed by atoms with Crippen molar-refractivity contribution < 1.29 is 31.9 Å². The number of esters is 1. The number of thioether (sulfide) groups is 1. The molecule has 0 N–H and O–H groups in total. The van der Waals surface area contributed by atoms with E-state index in [1.54, 1.807) is 18.2 Å². The van der Waals surface area contributed by atoms with Crippen LogP contribution in [0.25, 0.3) is 0 Å². The maximum atomic E-state index is 14.6. The van der Waals surface area contributed by atoms with Gasteiger partial charge in [0.25, 0.3) is 6.43 Å². The van der Waals surface area contributed by atoms with Crippen LogP contribution in [0.15, 0.2) is 41.3 Å². The molecule has 2 rings (SSSR count). The number of benzene rings is 2. The molecule has 156 valence electrons. The van der Waals surface area contributed by atoms with Gasteiger partial charge in [-0.25, -0.2) is 22.4 Å². The highest BCUT2D eigenvalue weighted by atomic mass is 32.2. The topological polar surface area (TPSA) is 46.6 Å². The number of ether oxygens (including phenoxy) is 1. The number of anilines is 1. The lowest BCUT2D eigenvalue weighted by atomic mass is 10.1. The Kier molecular flexibility index (Phi) is 7.66. The van der Waals surface area contributed by atoms with Crippen LogP contribution < -0.4 is 4.90 Å². The average Bonchev–Trinajstić information content (AvgIpc) is 2.67. The summed E-state index contributed by atoms with van der Waals surface area (Å²) in [6.45, 7) is 2.49. The minimum Gasteiger partial charge on any atom is -0.465 e. The van der Waals surface area contributed by atoms with Crippen LogP contribution in [0.5, 0.6) is 0 Å². The number of methoxy groups -OCH3 is 1. The summed E-state index contributed by atoms with van der Waals surface area (Å²) < 4.78 is 58.0. The van der Waals surface area contributed by atoms with Gasteiger partial charge in [0.15, 0.2) is 0 Å². The summed E-state index contributed by atoms with van der Waals surface area (Å²) in [5.74, 6) is -1.94. The number of rotatable bonds is 7. The predicted molar refractivity (Wildman–Crippen MR) is 103 cm³/mol. The number of alkyl halides is 3. The largest absolute Gasteiger partial charge is 0.465 e. The summed E-state index contributed by atoms with van der Waals surface area (Å²) in [6, 6.07) is 8.55. The van der Waals surface area contributed by atoms with E-state index >= 15 is 0 Å². The summed E-state index contributed by atoms with van der Waals surface area (Å²) in [7, 11) is 1.21. The van der Waals surface area contributed by atoms with E-state index in [1.165, 1.54) is 27.0 Å². The monoisotopic (exact) mass is 429 g/mol. The van der Waals surface area contributed by atoms with E-state index in [0.29, 0.717) is 5.56 Å². The molecule has 0 fully saturated rings. The predicted octanol–water partition coefficient (Wildman–Crippen LogP) is 5.13. The smallest absolute Gasteiger partial charge is 0.338 e. The molecule has 29 heavy (non-hydrogen) atoms. The fourth-order valence-corrected chi connectivity index (χ4v) is 3.42. The van der Waals surface area contributed by atoms with Crippen molar-refractivity contribution in [2.24, 2.45) is 0 Å². The highest BCUT2D eigenvalue weighted by Crippen LogP contribution is 2.35. The van der Waals surface area contributed by atoms with E-state index in [-0.39, 0.29) is 40.0 Å². The van der Waals surface area contributed by atoms with Crippen molar-refractivity contribution in [3.05, 3.63) is 58.9 Å². The number of halogens is 4. The Morgan fingerprint density at radius 3 is 2.41 bits per heavy atom. The summed E-state index contributed by atoms with van der Waals surface area (Å²) in [5.41, 5.74) is -1.83. The summed E-state index contributed by atoms with van der Waals surface area (Å²) >= 11 is 0.253. The van der Waals surface area contributed by atoms with Gasteiger partial charge >= 0.3 is 5.97 Å². The lowest BCUT2D eigenvalue weighted by Crippen LogP contribution is -2.29. The molecule has 1 amide bonds. The number of hydrogen-bond acceptors (Lipinski definition) is 4. The molecule has 0 aliphatic carbocycles. The van der Waals surface area contributed by atoms with Crippen LogP contribution in [-0.2, 0) is 16.1 Å². The Labute approximate surface area is 169 Å². The molecule has 0 radical (unpaired) electrons. The molecule has 2 aromatic carbocycles. The van der Waals surface area contributed by atoms with Crippen molar-refractivity contribution in [3.63, 3.8) is 0 Å². The third-order valence-corrected chi connectivity index (χ3v) is 5.23. The number of carbonyl (C=O) groups excluding carboxylic acids is 2. The van der Waals surface area contributed by atoms with E-state index in [2.05, 4.69) is 0 Å². The molecule has 9 heteroatoms. The van der Waals surface area contributed by atoms with Crippen LogP contribution >= 0.6 is 11.8 Å². The van der Waals surface area contributed by atoms with Crippen LogP contribution in [0, 0.1) is 12.7 Å². The van der Waals surface area contributed by atoms with Crippen molar-refractivity contribution in [2.75, 3.05) is 12.0 Å². The van der Waals surface area contributed by atoms with Crippen molar-refractivity contribution in [3.8, 4) is 0 Å². The molecular formula is C20H19F4NO3S. The maximum Gasteiger partial charge on any atom is 0.338 e. The molecule has 0 saturated carbocycles. The first-order valence-corrected chi connectivity index (χ1v) is 9.37. The van der Waals surface area contributed by atoms with Gasteiger partial charge < -0.3 is 9.64 Å². The number of aryl methyl sites for hydroxylation is 1. The highest BCUT2D eigenvalue weighted by Gasteiger charge is 2.25. The van der Waals surface area contributed by atoms with Crippen LogP contribution in [0.1, 0.15) is 28.4 Å². The van der Waals surface area contributed by atoms with Crippen LogP contribution in [0.2, 0.25) is 0 Å². The molecule has 0 heterocycles. The van der Waals surface area contributed by atoms with Gasteiger partial charge in [-0.3, -0.25) is 4.79 Å². The van der Waals surface area contributed by atoms with Gasteiger partial charge in [-0.2, -0.15) is 0 Å². The quantitative estimate of drug-likeness (QED) is 0.348. The Balaban J connectivity index is 2.46. The van der Waals surface area contributed by atoms with Crippen LogP contribution in [0.3, 0.4) is 0 Å². The molecule has 1 atom stereocenters. The Hall–Kier alpha value is -2.55. The molecule has 0 aliphatic heterocycles. The molecule has 1 unspecified atom stereocenters. The zero-order valence-electron chi connectivity index (χ0n) is 15.9. The number of nitrogens with zero attached hydrogens (tertiary/aromatic N) is 1. The normalized spacial score (nSPS) is 12.0. The van der Waals surface area contributed by atoms with Crippen molar-refractivity contribution in [1.82, 2.24) is 0 Å². The average molecular weight is 429 g/mol. The second-order valence-electron chi connectivity index (χ2n) is 6.13. The van der Waals surface area contributed by atoms with E-state index in [9.17, 15) is 27.2 Å². The summed E-state index contributed by atoms with van der Waals surface area (Å²) in [5, 5.41) is 0. The molecule has 4 nitrogen and oxygen atoms in total. The zero-order valence-corrected chi connectivity index (χ0v) is 16.7. The van der Waals surface area contributed by atoms with Gasteiger partial charge in [-0.1, -0.05) is 30.0 Å². The number of hydrogen-bond donors (Lipinski definition) is 0. The number of amides is 1. The lowest BCUT2D eigenvalue weighted by Gasteiger charge is -2.24. The Morgan fingerprint density at radius 1 is 1.17 bits per heavy atom. The molecule has 0 aromatic heterocycles. The molecule has 0 spiro atoms. The molecule has 0 bridgehead atoms. The lowest BCUT2D eigenvalue weighted by molar-refractivity contribution is -0.116. The van der Waals surface area contributed by atoms with Crippen molar-refractivity contribution in [2.45, 2.75) is 37.2 Å². The van der Waals surface area contributed by atoms with Crippen molar-refractivity contribution >= 4 is 29.3 Å². The SMILES string of the molecule is COC(=O)c1ccccc1CN(C(C)=O)c1cc(SC(F)C(F)F)c(C)cc1F. The molecule has 2 aromatic rings. The first kappa shape index (κ1) is 22.7. The standard InChI is InChI=1S/C20H19F4NO3S/c1-11-8-15(21)16(9-17(11)29-19(24)18(22)23)25(12(2)26)10-13-6-4-5-7-14(13)20(27)28-3/h4-9,18-19H,10H2,1-3H3. The van der Waals surface area contributed by atoms with E-state index in [1.807, 2.05) is 0 Å². The van der Waals surface area contributed by atoms with E-state index in [4.69, 9.17) is 4.74 Å². The highest BCUT2D eigenvalue weighted by molar-refractivity contribution is 7.99. The minimum atomic E-state index is -3.20. The third-order valence-electron chi connectivity index (χ3n) is 4.10. The minimum absolute atomic E-state index is 0.0849. The van der Waals surface area contributed by atoms with Crippen molar-refractivity contribution in [1.29, 1.82) is 0 Å². The summed E-state index contributed by atoms with van der Waals surface area (Å²) in [6.07, 6.45) is -3.20. The second-order valence-corrected chi connectivity index (χ2v) is 7.25. The van der Waals surface area contributed by atoms with Gasteiger partial charge in [0.05, 0.1) is 24.9 Å². The molecule has 0 aliphatic rings. The van der Waals surface area contributed by atoms with Crippen LogP contribution in [0.4, 0.5) is 23.2 Å². The first-order chi connectivity index (χ1) is 13.6. The number of carbonyl (C=O) groups is 2. The van der Waals surface area contributed by atoms with Crippen LogP contribution in [-0.4, -0.2) is 30.9 Å². The Morgan fingerprint density at radius 2 is 1.83 bits per heavy atom. The zero-order chi connectivity index (χ0) is 21.7. The Bertz CT molecular complexity index is 907. The van der Waals surface area contributed by atoms with E-state index in [0.717, 1.165) is 17.0 Å². The van der Waals surface area contributed by atoms with Gasteiger partial charge in [-0.05, 0) is 36.2 Å². The second kappa shape index (κ2) is 9.78. The van der Waals surface area contributed by atoms with Gasteiger partial charge in [-0.15, -0.1) is 0 Å². The fraction of sp³-hybridized carbons (Fsp3) is 0.300. The van der Waals surface area contributed by atoms with Gasteiger partial charge in [0, 0.05) is 11.8 Å². The first-order valence-electron chi connectivity index (χ1n) is 8.49. The summed E-state index contributed by atoms with van der Waals surface area (Å²) in [4.78, 5) is 25.3. The fourth-order valence-electron chi connectivity index (χ4n) is 2.65. The van der Waals surface area contributed by atoms with Gasteiger partial charge in [0.1, 0.15) is 5.82 Å². The maximum absolute atomic E-state index is 14.6. The molecular weight excluding hydrogens is 410 g/mol. The molecule has 0 saturated heterocycles. The van der Waals surface area contributed by atoms with Gasteiger partial charge in [0.2, 0.25) is 11.4 Å². The third kappa shape index (κ3) is 5.50. The van der Waals surface area contributed by atoms with E-state index < -0.39 is 29.6 Å².